The average Bonchev–Trinajstić information content (AvgIpc) is 2.43. The van der Waals surface area contributed by atoms with Crippen LogP contribution < -0.4 is 5.32 Å². The van der Waals surface area contributed by atoms with Crippen LogP contribution in [0.25, 0.3) is 0 Å². The van der Waals surface area contributed by atoms with Gasteiger partial charge in [-0.15, -0.1) is 0 Å². The zero-order valence-electron chi connectivity index (χ0n) is 12.1. The van der Waals surface area contributed by atoms with Gasteiger partial charge in [0.25, 0.3) is 5.69 Å². The molecule has 21 heavy (non-hydrogen) atoms. The normalized spacial score (nSPS) is 13.2. The number of nitrogens with zero attached hydrogens (tertiary/aromatic N) is 2. The minimum absolute atomic E-state index is 0.0743. The van der Waals surface area contributed by atoms with E-state index in [1.165, 1.54) is 25.2 Å². The molecule has 0 saturated carbocycles. The fourth-order valence-electron chi connectivity index (χ4n) is 1.69. The Balaban J connectivity index is 3.21. The molecule has 0 saturated heterocycles. The first-order chi connectivity index (χ1) is 9.70. The molecule has 0 aliphatic carbocycles. The van der Waals surface area contributed by atoms with Crippen molar-refractivity contribution in [2.24, 2.45) is 0 Å². The van der Waals surface area contributed by atoms with Crippen molar-refractivity contribution in [2.75, 3.05) is 26.0 Å². The summed E-state index contributed by atoms with van der Waals surface area (Å²) in [5, 5.41) is 23.0. The Labute approximate surface area is 123 Å². The molecule has 1 unspecified atom stereocenters. The van der Waals surface area contributed by atoms with E-state index in [2.05, 4.69) is 5.32 Å². The Hall–Kier alpha value is -1.71. The smallest absolute Gasteiger partial charge is 0.291 e. The second-order valence-corrected chi connectivity index (χ2v) is 6.67. The lowest BCUT2D eigenvalue weighted by molar-refractivity contribution is -0.387. The first kappa shape index (κ1) is 17.3. The van der Waals surface area contributed by atoms with E-state index in [-0.39, 0.29) is 17.9 Å². The number of hydrogen-bond donors (Lipinski definition) is 2. The van der Waals surface area contributed by atoms with Gasteiger partial charge in [-0.3, -0.25) is 10.1 Å². The van der Waals surface area contributed by atoms with Gasteiger partial charge in [0.05, 0.1) is 11.0 Å². The average molecular weight is 317 g/mol. The van der Waals surface area contributed by atoms with Crippen LogP contribution in [-0.4, -0.2) is 49.5 Å². The summed E-state index contributed by atoms with van der Waals surface area (Å²) in [5.41, 5.74) is -0.0296. The summed E-state index contributed by atoms with van der Waals surface area (Å²) in [6.07, 6.45) is -0.401. The molecule has 0 heterocycles. The van der Waals surface area contributed by atoms with Crippen LogP contribution in [0.2, 0.25) is 0 Å². The molecule has 2 N–H and O–H groups in total. The Kier molecular flexibility index (Phi) is 5.64. The van der Waals surface area contributed by atoms with Crippen molar-refractivity contribution in [3.05, 3.63) is 28.3 Å². The van der Waals surface area contributed by atoms with Crippen molar-refractivity contribution in [1.29, 1.82) is 0 Å². The van der Waals surface area contributed by atoms with E-state index < -0.39 is 26.7 Å². The molecular weight excluding hydrogens is 298 g/mol. The highest BCUT2D eigenvalue weighted by Gasteiger charge is 2.29. The lowest BCUT2D eigenvalue weighted by atomic mass is 10.3. The summed E-state index contributed by atoms with van der Waals surface area (Å²) in [7, 11) is -1.07. The first-order valence-electron chi connectivity index (χ1n) is 6.30. The van der Waals surface area contributed by atoms with Gasteiger partial charge in [-0.05, 0) is 25.5 Å². The van der Waals surface area contributed by atoms with Crippen molar-refractivity contribution in [2.45, 2.75) is 24.3 Å². The SMILES string of the molecule is CNc1ccc(S(=O)(=O)N(C)CCC(C)O)c([N+](=O)[O-])c1. The molecule has 118 valence electrons. The van der Waals surface area contributed by atoms with E-state index in [0.29, 0.717) is 5.69 Å². The summed E-state index contributed by atoms with van der Waals surface area (Å²) < 4.78 is 25.8. The zero-order valence-corrected chi connectivity index (χ0v) is 12.9. The third-order valence-corrected chi connectivity index (χ3v) is 4.90. The van der Waals surface area contributed by atoms with E-state index in [0.717, 1.165) is 4.31 Å². The summed E-state index contributed by atoms with van der Waals surface area (Å²) in [6, 6.07) is 3.84. The molecule has 1 rings (SSSR count). The first-order valence-corrected chi connectivity index (χ1v) is 7.74. The Bertz CT molecular complexity index is 615. The fourth-order valence-corrected chi connectivity index (χ4v) is 3.01. The van der Waals surface area contributed by atoms with Gasteiger partial charge in [-0.25, -0.2) is 12.7 Å². The van der Waals surface area contributed by atoms with Gasteiger partial charge < -0.3 is 10.4 Å². The van der Waals surface area contributed by atoms with Gasteiger partial charge in [0.2, 0.25) is 10.0 Å². The second kappa shape index (κ2) is 6.83. The van der Waals surface area contributed by atoms with Crippen LogP contribution in [0.1, 0.15) is 13.3 Å². The van der Waals surface area contributed by atoms with Gasteiger partial charge in [0.1, 0.15) is 0 Å². The highest BCUT2D eigenvalue weighted by Crippen LogP contribution is 2.29. The molecule has 0 aliphatic heterocycles. The van der Waals surface area contributed by atoms with Crippen LogP contribution in [0, 0.1) is 10.1 Å². The molecule has 1 aromatic carbocycles. The number of nitro benzene ring substituents is 1. The third-order valence-electron chi connectivity index (χ3n) is 2.99. The lowest BCUT2D eigenvalue weighted by Gasteiger charge is -2.18. The number of nitro groups is 1. The van der Waals surface area contributed by atoms with Gasteiger partial charge >= 0.3 is 0 Å². The van der Waals surface area contributed by atoms with Gasteiger partial charge in [-0.2, -0.15) is 0 Å². The highest BCUT2D eigenvalue weighted by atomic mass is 32.2. The molecule has 0 aliphatic rings. The number of aliphatic hydroxyl groups is 1. The van der Waals surface area contributed by atoms with Crippen LogP contribution >= 0.6 is 0 Å². The molecule has 0 spiro atoms. The van der Waals surface area contributed by atoms with Crippen molar-refractivity contribution in [3.8, 4) is 0 Å². The minimum Gasteiger partial charge on any atom is -0.393 e. The van der Waals surface area contributed by atoms with E-state index in [1.807, 2.05) is 0 Å². The minimum atomic E-state index is -3.98. The monoisotopic (exact) mass is 317 g/mol. The van der Waals surface area contributed by atoms with Crippen LogP contribution in [0.4, 0.5) is 11.4 Å². The predicted molar refractivity (Wildman–Crippen MR) is 78.8 cm³/mol. The van der Waals surface area contributed by atoms with Gasteiger partial charge in [0.15, 0.2) is 4.90 Å². The number of hydrogen-bond acceptors (Lipinski definition) is 6. The van der Waals surface area contributed by atoms with E-state index in [9.17, 15) is 23.6 Å². The van der Waals surface area contributed by atoms with Crippen molar-refractivity contribution in [3.63, 3.8) is 0 Å². The number of rotatable bonds is 7. The Morgan fingerprint density at radius 2 is 2.10 bits per heavy atom. The summed E-state index contributed by atoms with van der Waals surface area (Å²) in [5.74, 6) is 0. The third kappa shape index (κ3) is 4.13. The van der Waals surface area contributed by atoms with Crippen molar-refractivity contribution < 1.29 is 18.4 Å². The zero-order chi connectivity index (χ0) is 16.2. The number of sulfonamides is 1. The maximum atomic E-state index is 12.4. The highest BCUT2D eigenvalue weighted by molar-refractivity contribution is 7.89. The second-order valence-electron chi connectivity index (χ2n) is 4.65. The van der Waals surface area contributed by atoms with Crippen molar-refractivity contribution in [1.82, 2.24) is 4.31 Å². The standard InChI is InChI=1S/C12H19N3O5S/c1-9(16)6-7-14(3)21(19,20)12-5-4-10(13-2)8-11(12)15(17)18/h4-5,8-9,13,16H,6-7H2,1-3H3. The summed E-state index contributed by atoms with van der Waals surface area (Å²) >= 11 is 0. The molecule has 0 amide bonds. The number of anilines is 1. The molecule has 0 fully saturated rings. The van der Waals surface area contributed by atoms with E-state index >= 15 is 0 Å². The maximum Gasteiger partial charge on any atom is 0.291 e. The Morgan fingerprint density at radius 3 is 2.57 bits per heavy atom. The predicted octanol–water partition coefficient (Wildman–Crippen LogP) is 1.03. The van der Waals surface area contributed by atoms with E-state index in [4.69, 9.17) is 0 Å². The largest absolute Gasteiger partial charge is 0.393 e. The molecule has 1 atom stereocenters. The number of nitrogens with one attached hydrogen (secondary N) is 1. The number of benzene rings is 1. The van der Waals surface area contributed by atoms with Crippen LogP contribution in [0.5, 0.6) is 0 Å². The molecule has 8 nitrogen and oxygen atoms in total. The molecule has 1 aromatic rings. The topological polar surface area (TPSA) is 113 Å². The number of aliphatic hydroxyl groups excluding tert-OH is 1. The lowest BCUT2D eigenvalue weighted by Crippen LogP contribution is -2.30. The molecular formula is C12H19N3O5S. The molecule has 0 aromatic heterocycles. The summed E-state index contributed by atoms with van der Waals surface area (Å²) in [6.45, 7) is 1.62. The van der Waals surface area contributed by atoms with Crippen LogP contribution in [0.3, 0.4) is 0 Å². The van der Waals surface area contributed by atoms with Gasteiger partial charge in [-0.1, -0.05) is 0 Å². The quantitative estimate of drug-likeness (QED) is 0.573. The van der Waals surface area contributed by atoms with E-state index in [1.54, 1.807) is 14.0 Å². The maximum absolute atomic E-state index is 12.4. The van der Waals surface area contributed by atoms with Crippen molar-refractivity contribution >= 4 is 21.4 Å². The molecule has 0 radical (unpaired) electrons. The van der Waals surface area contributed by atoms with Crippen LogP contribution in [-0.2, 0) is 10.0 Å². The Morgan fingerprint density at radius 1 is 1.48 bits per heavy atom. The van der Waals surface area contributed by atoms with Gasteiger partial charge in [0, 0.05) is 32.4 Å². The fraction of sp³-hybridized carbons (Fsp3) is 0.500. The molecule has 0 bridgehead atoms. The van der Waals surface area contributed by atoms with Crippen LogP contribution in [0.15, 0.2) is 23.1 Å². The summed E-state index contributed by atoms with van der Waals surface area (Å²) in [4.78, 5) is 9.99. The molecule has 9 heteroatoms.